The van der Waals surface area contributed by atoms with Crippen LogP contribution in [0.3, 0.4) is 0 Å². The van der Waals surface area contributed by atoms with Crippen LogP contribution in [0.15, 0.2) is 54.6 Å². The van der Waals surface area contributed by atoms with Gasteiger partial charge in [0.05, 0.1) is 12.2 Å². The van der Waals surface area contributed by atoms with Gasteiger partial charge in [-0.15, -0.1) is 0 Å². The quantitative estimate of drug-likeness (QED) is 0.534. The minimum absolute atomic E-state index is 0.0860. The Hall–Kier alpha value is -3.41. The van der Waals surface area contributed by atoms with Gasteiger partial charge in [-0.25, -0.2) is 4.98 Å². The molecular formula is C29H35N5O. The molecule has 0 bridgehead atoms. The molecule has 1 amide bonds. The lowest BCUT2D eigenvalue weighted by Gasteiger charge is -2.36. The van der Waals surface area contributed by atoms with Crippen molar-refractivity contribution in [3.63, 3.8) is 0 Å². The van der Waals surface area contributed by atoms with E-state index in [4.69, 9.17) is 9.97 Å². The van der Waals surface area contributed by atoms with Crippen LogP contribution in [0.25, 0.3) is 0 Å². The maximum atomic E-state index is 13.3. The summed E-state index contributed by atoms with van der Waals surface area (Å²) in [4.78, 5) is 30.0. The molecule has 5 rings (SSSR count). The predicted molar refractivity (Wildman–Crippen MR) is 141 cm³/mol. The third-order valence-electron chi connectivity index (χ3n) is 7.27. The molecule has 35 heavy (non-hydrogen) atoms. The zero-order valence-electron chi connectivity index (χ0n) is 21.1. The van der Waals surface area contributed by atoms with E-state index in [1.807, 2.05) is 42.2 Å². The van der Waals surface area contributed by atoms with Crippen molar-refractivity contribution in [2.45, 2.75) is 46.2 Å². The number of hydrogen-bond donors (Lipinski definition) is 0. The van der Waals surface area contributed by atoms with Crippen molar-refractivity contribution >= 4 is 17.7 Å². The van der Waals surface area contributed by atoms with E-state index in [2.05, 4.69) is 48.0 Å². The van der Waals surface area contributed by atoms with E-state index in [9.17, 15) is 4.79 Å². The van der Waals surface area contributed by atoms with Crippen LogP contribution in [0.2, 0.25) is 0 Å². The molecule has 1 fully saturated rings. The number of nitrogens with zero attached hydrogens (tertiary/aromatic N) is 5. The van der Waals surface area contributed by atoms with Crippen molar-refractivity contribution in [3.05, 3.63) is 82.5 Å². The molecule has 0 N–H and O–H groups in total. The summed E-state index contributed by atoms with van der Waals surface area (Å²) < 4.78 is 0. The number of amides is 1. The largest absolute Gasteiger partial charge is 0.356 e. The van der Waals surface area contributed by atoms with Crippen molar-refractivity contribution in [2.75, 3.05) is 36.5 Å². The zero-order chi connectivity index (χ0) is 24.4. The van der Waals surface area contributed by atoms with Gasteiger partial charge in [-0.2, -0.15) is 4.98 Å². The fraction of sp³-hybridized carbons (Fsp3) is 0.414. The Bertz CT molecular complexity index is 1190. The lowest BCUT2D eigenvalue weighted by Crippen LogP contribution is -2.40. The third kappa shape index (κ3) is 5.16. The smallest absolute Gasteiger partial charge is 0.254 e. The van der Waals surface area contributed by atoms with Gasteiger partial charge in [0.1, 0.15) is 5.82 Å². The van der Waals surface area contributed by atoms with Crippen LogP contribution < -0.4 is 9.80 Å². The van der Waals surface area contributed by atoms with Crippen LogP contribution in [0.5, 0.6) is 0 Å². The summed E-state index contributed by atoms with van der Waals surface area (Å²) in [7, 11) is 2.06. The number of aryl methyl sites for hydroxylation is 1. The van der Waals surface area contributed by atoms with E-state index in [0.717, 1.165) is 66.1 Å². The standard InChI is InChI=1S/C29H35N5O/c1-21-12-15-33(16-13-21)27-25-20-34(28(35)24-11-7-8-22(2)18-24)17-14-26(25)30-29(31-27)32(3)19-23-9-5-4-6-10-23/h4-11,18,21H,12-17,19-20H2,1-3H3. The fourth-order valence-corrected chi connectivity index (χ4v) is 5.10. The van der Waals surface area contributed by atoms with Crippen molar-refractivity contribution < 1.29 is 4.79 Å². The number of piperidine rings is 1. The van der Waals surface area contributed by atoms with Gasteiger partial charge in [0.15, 0.2) is 0 Å². The number of anilines is 2. The van der Waals surface area contributed by atoms with Gasteiger partial charge < -0.3 is 14.7 Å². The molecule has 1 saturated heterocycles. The van der Waals surface area contributed by atoms with Gasteiger partial charge in [-0.1, -0.05) is 55.0 Å². The molecule has 2 aromatic carbocycles. The van der Waals surface area contributed by atoms with E-state index in [0.29, 0.717) is 13.1 Å². The molecule has 3 aromatic rings. The lowest BCUT2D eigenvalue weighted by atomic mass is 9.98. The maximum absolute atomic E-state index is 13.3. The number of carbonyl (C=O) groups is 1. The molecule has 2 aliphatic heterocycles. The van der Waals surface area contributed by atoms with Crippen molar-refractivity contribution in [1.82, 2.24) is 14.9 Å². The average molecular weight is 470 g/mol. The Morgan fingerprint density at radius 2 is 1.80 bits per heavy atom. The molecule has 1 aromatic heterocycles. The first-order valence-corrected chi connectivity index (χ1v) is 12.7. The third-order valence-corrected chi connectivity index (χ3v) is 7.27. The summed E-state index contributed by atoms with van der Waals surface area (Å²) >= 11 is 0. The van der Waals surface area contributed by atoms with Crippen molar-refractivity contribution in [3.8, 4) is 0 Å². The molecule has 3 heterocycles. The van der Waals surface area contributed by atoms with E-state index < -0.39 is 0 Å². The number of rotatable bonds is 5. The van der Waals surface area contributed by atoms with Gasteiger partial charge in [-0.05, 0) is 43.4 Å². The Morgan fingerprint density at radius 3 is 2.54 bits per heavy atom. The molecule has 2 aliphatic rings. The van der Waals surface area contributed by atoms with Crippen LogP contribution in [0, 0.1) is 12.8 Å². The predicted octanol–water partition coefficient (Wildman–Crippen LogP) is 4.86. The molecule has 182 valence electrons. The number of carbonyl (C=O) groups excluding carboxylic acids is 1. The molecule has 0 unspecified atom stereocenters. The van der Waals surface area contributed by atoms with Crippen LogP contribution in [0.1, 0.15) is 52.5 Å². The van der Waals surface area contributed by atoms with Crippen molar-refractivity contribution in [1.29, 1.82) is 0 Å². The second kappa shape index (κ2) is 10.1. The van der Waals surface area contributed by atoms with Gasteiger partial charge in [0.25, 0.3) is 5.91 Å². The number of hydrogen-bond acceptors (Lipinski definition) is 5. The number of aromatic nitrogens is 2. The first-order chi connectivity index (χ1) is 17.0. The highest BCUT2D eigenvalue weighted by atomic mass is 16.2. The Morgan fingerprint density at radius 1 is 1.03 bits per heavy atom. The minimum atomic E-state index is 0.0860. The first kappa shape index (κ1) is 23.3. The first-order valence-electron chi connectivity index (χ1n) is 12.7. The summed E-state index contributed by atoms with van der Waals surface area (Å²) in [5.74, 6) is 2.60. The molecule has 0 saturated carbocycles. The van der Waals surface area contributed by atoms with Crippen LogP contribution in [0.4, 0.5) is 11.8 Å². The summed E-state index contributed by atoms with van der Waals surface area (Å²) in [5, 5.41) is 0. The van der Waals surface area contributed by atoms with Crippen LogP contribution >= 0.6 is 0 Å². The summed E-state index contributed by atoms with van der Waals surface area (Å²) in [6, 6.07) is 18.3. The monoisotopic (exact) mass is 469 g/mol. The maximum Gasteiger partial charge on any atom is 0.254 e. The molecule has 0 spiro atoms. The number of benzene rings is 2. The summed E-state index contributed by atoms with van der Waals surface area (Å²) in [6.45, 7) is 8.35. The van der Waals surface area contributed by atoms with Gasteiger partial charge in [0.2, 0.25) is 5.95 Å². The van der Waals surface area contributed by atoms with E-state index in [1.165, 1.54) is 18.4 Å². The molecule has 6 nitrogen and oxygen atoms in total. The number of fused-ring (bicyclic) bond motifs is 1. The zero-order valence-corrected chi connectivity index (χ0v) is 21.1. The van der Waals surface area contributed by atoms with Crippen LogP contribution in [-0.2, 0) is 19.5 Å². The highest BCUT2D eigenvalue weighted by molar-refractivity contribution is 5.94. The Kier molecular flexibility index (Phi) is 6.71. The van der Waals surface area contributed by atoms with E-state index in [1.54, 1.807) is 0 Å². The molecule has 0 atom stereocenters. The minimum Gasteiger partial charge on any atom is -0.356 e. The van der Waals surface area contributed by atoms with Gasteiger partial charge in [0, 0.05) is 50.8 Å². The molecule has 0 aliphatic carbocycles. The summed E-state index contributed by atoms with van der Waals surface area (Å²) in [6.07, 6.45) is 3.08. The lowest BCUT2D eigenvalue weighted by molar-refractivity contribution is 0.0733. The molecule has 0 radical (unpaired) electrons. The second-order valence-corrected chi connectivity index (χ2v) is 10.1. The highest BCUT2D eigenvalue weighted by Gasteiger charge is 2.30. The SMILES string of the molecule is Cc1cccc(C(=O)N2CCc3nc(N(C)Cc4ccccc4)nc(N4CCC(C)CC4)c3C2)c1. The second-order valence-electron chi connectivity index (χ2n) is 10.1. The molecular weight excluding hydrogens is 434 g/mol. The molecule has 6 heteroatoms. The Balaban J connectivity index is 1.46. The van der Waals surface area contributed by atoms with E-state index >= 15 is 0 Å². The van der Waals surface area contributed by atoms with Gasteiger partial charge in [-0.3, -0.25) is 4.79 Å². The fourth-order valence-electron chi connectivity index (χ4n) is 5.10. The summed E-state index contributed by atoms with van der Waals surface area (Å²) in [5.41, 5.74) is 5.29. The van der Waals surface area contributed by atoms with Gasteiger partial charge >= 0.3 is 0 Å². The average Bonchev–Trinajstić information content (AvgIpc) is 2.88. The van der Waals surface area contributed by atoms with E-state index in [-0.39, 0.29) is 5.91 Å². The Labute approximate surface area is 208 Å². The van der Waals surface area contributed by atoms with Crippen molar-refractivity contribution in [2.24, 2.45) is 5.92 Å². The highest BCUT2D eigenvalue weighted by Crippen LogP contribution is 2.32. The normalized spacial score (nSPS) is 16.2. The topological polar surface area (TPSA) is 52.6 Å². The van der Waals surface area contributed by atoms with Crippen LogP contribution in [-0.4, -0.2) is 47.5 Å².